The van der Waals surface area contributed by atoms with Crippen molar-refractivity contribution in [2.75, 3.05) is 19.8 Å². The number of carbonyl (C=O) groups excluding carboxylic acids is 1. The molecule has 0 saturated carbocycles. The van der Waals surface area contributed by atoms with Gasteiger partial charge in [-0.15, -0.1) is 0 Å². The zero-order valence-corrected chi connectivity index (χ0v) is 13.1. The van der Waals surface area contributed by atoms with E-state index in [1.165, 1.54) is 44.9 Å². The summed E-state index contributed by atoms with van der Waals surface area (Å²) in [6.07, 6.45) is 11.5. The number of unbranched alkanes of at least 4 members (excludes halogenated alkanes) is 7. The minimum absolute atomic E-state index is 0.0601. The molecule has 0 aromatic heterocycles. The van der Waals surface area contributed by atoms with Crippen molar-refractivity contribution >= 4 is 5.91 Å². The number of nitrogens with two attached hydrogens (primary N) is 1. The fraction of sp³-hybridized carbons (Fsp3) is 0.938. The van der Waals surface area contributed by atoms with Crippen LogP contribution in [0.15, 0.2) is 0 Å². The van der Waals surface area contributed by atoms with Gasteiger partial charge in [0.05, 0.1) is 13.2 Å². The van der Waals surface area contributed by atoms with E-state index in [9.17, 15) is 4.79 Å². The van der Waals surface area contributed by atoms with Crippen LogP contribution in [0.5, 0.6) is 0 Å². The highest BCUT2D eigenvalue weighted by atomic mass is 16.6. The second-order valence-corrected chi connectivity index (χ2v) is 5.49. The van der Waals surface area contributed by atoms with Crippen LogP contribution >= 0.6 is 0 Å². The number of aliphatic hydroxyl groups is 1. The van der Waals surface area contributed by atoms with E-state index in [1.807, 2.05) is 0 Å². The number of aliphatic hydroxyl groups excluding tert-OH is 1. The molecule has 1 atom stereocenters. The molecule has 4 nitrogen and oxygen atoms in total. The number of primary amides is 1. The smallest absolute Gasteiger partial charge is 0.220 e. The first kappa shape index (κ1) is 19.4. The van der Waals surface area contributed by atoms with Gasteiger partial charge in [-0.3, -0.25) is 4.79 Å². The lowest BCUT2D eigenvalue weighted by molar-refractivity contribution is -0.122. The van der Waals surface area contributed by atoms with E-state index in [0.29, 0.717) is 6.42 Å². The first-order chi connectivity index (χ1) is 9.72. The highest BCUT2D eigenvalue weighted by molar-refractivity contribution is 5.76. The Bertz CT molecular complexity index is 217. The summed E-state index contributed by atoms with van der Waals surface area (Å²) in [6, 6.07) is 0. The largest absolute Gasteiger partial charge is 0.396 e. The Labute approximate surface area is 124 Å². The van der Waals surface area contributed by atoms with Crippen molar-refractivity contribution in [1.82, 2.24) is 0 Å². The molecule has 0 aliphatic carbocycles. The van der Waals surface area contributed by atoms with Crippen LogP contribution in [-0.2, 0) is 9.53 Å². The van der Waals surface area contributed by atoms with E-state index in [0.717, 1.165) is 26.1 Å². The van der Waals surface area contributed by atoms with Crippen molar-refractivity contribution in [1.29, 1.82) is 0 Å². The van der Waals surface area contributed by atoms with Crippen molar-refractivity contribution in [3.8, 4) is 0 Å². The molecule has 0 aromatic rings. The molecular weight excluding hydrogens is 254 g/mol. The maximum atomic E-state index is 11.0. The number of ether oxygens (including phenoxy) is 1. The van der Waals surface area contributed by atoms with Crippen LogP contribution in [0, 0.1) is 5.92 Å². The summed E-state index contributed by atoms with van der Waals surface area (Å²) >= 11 is 0. The Kier molecular flexibility index (Phi) is 14.3. The SMILES string of the molecule is C1CO1.CCCCCCCCCCC(CCO)C(N)=O. The summed E-state index contributed by atoms with van der Waals surface area (Å²) in [6.45, 7) is 4.29. The van der Waals surface area contributed by atoms with Gasteiger partial charge in [-0.05, 0) is 12.8 Å². The maximum absolute atomic E-state index is 11.0. The van der Waals surface area contributed by atoms with Gasteiger partial charge in [0.2, 0.25) is 5.91 Å². The molecule has 1 heterocycles. The lowest BCUT2D eigenvalue weighted by Crippen LogP contribution is -2.24. The molecule has 1 saturated heterocycles. The Hall–Kier alpha value is -0.610. The predicted octanol–water partition coefficient (Wildman–Crippen LogP) is 3.02. The van der Waals surface area contributed by atoms with E-state index in [1.54, 1.807) is 0 Å². The van der Waals surface area contributed by atoms with Crippen LogP contribution < -0.4 is 5.73 Å². The first-order valence-corrected chi connectivity index (χ1v) is 8.20. The zero-order chi connectivity index (χ0) is 15.1. The Morgan fingerprint density at radius 3 is 1.95 bits per heavy atom. The molecule has 0 radical (unpaired) electrons. The standard InChI is InChI=1S/C14H29NO2.C2H4O/c1-2-3-4-5-6-7-8-9-10-13(11-12-16)14(15)17;1-2-3-1/h13,16H,2-12H2,1H3,(H2,15,17);1-2H2. The minimum Gasteiger partial charge on any atom is -0.396 e. The molecular formula is C16H33NO3. The van der Waals surface area contributed by atoms with E-state index in [4.69, 9.17) is 10.8 Å². The van der Waals surface area contributed by atoms with Gasteiger partial charge < -0.3 is 15.6 Å². The highest BCUT2D eigenvalue weighted by Gasteiger charge is 2.13. The van der Waals surface area contributed by atoms with E-state index >= 15 is 0 Å². The van der Waals surface area contributed by atoms with Gasteiger partial charge in [-0.25, -0.2) is 0 Å². The van der Waals surface area contributed by atoms with E-state index < -0.39 is 0 Å². The van der Waals surface area contributed by atoms with Gasteiger partial charge in [-0.2, -0.15) is 0 Å². The van der Waals surface area contributed by atoms with Crippen LogP contribution in [-0.4, -0.2) is 30.8 Å². The summed E-state index contributed by atoms with van der Waals surface area (Å²) in [4.78, 5) is 11.0. The molecule has 3 N–H and O–H groups in total. The van der Waals surface area contributed by atoms with Crippen LogP contribution in [0.1, 0.15) is 71.1 Å². The molecule has 1 fully saturated rings. The first-order valence-electron chi connectivity index (χ1n) is 8.20. The molecule has 0 aromatic carbocycles. The fourth-order valence-electron chi connectivity index (χ4n) is 2.11. The molecule has 1 aliphatic heterocycles. The normalized spacial score (nSPS) is 14.3. The van der Waals surface area contributed by atoms with Gasteiger partial charge in [-0.1, -0.05) is 58.3 Å². The zero-order valence-electron chi connectivity index (χ0n) is 13.1. The molecule has 1 aliphatic rings. The van der Waals surface area contributed by atoms with Crippen LogP contribution in [0.4, 0.5) is 0 Å². The van der Waals surface area contributed by atoms with Crippen molar-refractivity contribution in [2.45, 2.75) is 71.1 Å². The second kappa shape index (κ2) is 14.8. The van der Waals surface area contributed by atoms with Gasteiger partial charge in [0, 0.05) is 12.5 Å². The van der Waals surface area contributed by atoms with Crippen molar-refractivity contribution in [3.63, 3.8) is 0 Å². The van der Waals surface area contributed by atoms with Gasteiger partial charge >= 0.3 is 0 Å². The number of rotatable bonds is 12. The van der Waals surface area contributed by atoms with Crippen molar-refractivity contribution in [2.24, 2.45) is 11.7 Å². The van der Waals surface area contributed by atoms with Gasteiger partial charge in [0.15, 0.2) is 0 Å². The predicted molar refractivity (Wildman–Crippen MR) is 82.4 cm³/mol. The topological polar surface area (TPSA) is 75.8 Å². The fourth-order valence-corrected chi connectivity index (χ4v) is 2.11. The summed E-state index contributed by atoms with van der Waals surface area (Å²) < 4.78 is 4.50. The number of epoxide rings is 1. The van der Waals surface area contributed by atoms with E-state index in [2.05, 4.69) is 11.7 Å². The lowest BCUT2D eigenvalue weighted by Gasteiger charge is -2.11. The lowest BCUT2D eigenvalue weighted by atomic mass is 9.97. The molecule has 1 unspecified atom stereocenters. The average Bonchev–Trinajstić information content (AvgIpc) is 3.28. The highest BCUT2D eigenvalue weighted by Crippen LogP contribution is 2.15. The van der Waals surface area contributed by atoms with Gasteiger partial charge in [0.1, 0.15) is 0 Å². The molecule has 1 amide bonds. The second-order valence-electron chi connectivity index (χ2n) is 5.49. The number of amides is 1. The summed E-state index contributed by atoms with van der Waals surface area (Å²) in [5.74, 6) is -0.387. The van der Waals surface area contributed by atoms with Crippen LogP contribution in [0.2, 0.25) is 0 Å². The molecule has 1 rings (SSSR count). The van der Waals surface area contributed by atoms with Crippen molar-refractivity contribution < 1.29 is 14.6 Å². The van der Waals surface area contributed by atoms with Crippen LogP contribution in [0.3, 0.4) is 0 Å². The average molecular weight is 287 g/mol. The number of carbonyl (C=O) groups is 1. The monoisotopic (exact) mass is 287 g/mol. The summed E-state index contributed by atoms with van der Waals surface area (Å²) in [5, 5.41) is 8.80. The molecule has 120 valence electrons. The maximum Gasteiger partial charge on any atom is 0.220 e. The van der Waals surface area contributed by atoms with E-state index in [-0.39, 0.29) is 18.4 Å². The van der Waals surface area contributed by atoms with Crippen LogP contribution in [0.25, 0.3) is 0 Å². The third kappa shape index (κ3) is 15.4. The molecule has 4 heteroatoms. The van der Waals surface area contributed by atoms with Gasteiger partial charge in [0.25, 0.3) is 0 Å². The molecule has 0 bridgehead atoms. The molecule has 20 heavy (non-hydrogen) atoms. The third-order valence-electron chi connectivity index (χ3n) is 3.49. The third-order valence-corrected chi connectivity index (χ3v) is 3.49. The number of hydrogen-bond donors (Lipinski definition) is 2. The Morgan fingerprint density at radius 2 is 1.55 bits per heavy atom. The minimum atomic E-state index is -0.262. The number of hydrogen-bond acceptors (Lipinski definition) is 3. The summed E-state index contributed by atoms with van der Waals surface area (Å²) in [7, 11) is 0. The summed E-state index contributed by atoms with van der Waals surface area (Å²) in [5.41, 5.74) is 5.27. The Balaban J connectivity index is 0.00000105. The quantitative estimate of drug-likeness (QED) is 0.428. The Morgan fingerprint density at radius 1 is 1.05 bits per heavy atom. The molecule has 0 spiro atoms. The van der Waals surface area contributed by atoms with Crippen molar-refractivity contribution in [3.05, 3.63) is 0 Å².